The summed E-state index contributed by atoms with van der Waals surface area (Å²) in [5.41, 5.74) is 1.33. The fourth-order valence-electron chi connectivity index (χ4n) is 3.50. The third-order valence-electron chi connectivity index (χ3n) is 4.82. The van der Waals surface area contributed by atoms with Crippen molar-refractivity contribution < 1.29 is 17.6 Å². The van der Waals surface area contributed by atoms with Crippen molar-refractivity contribution in [3.8, 4) is 0 Å². The lowest BCUT2D eigenvalue weighted by molar-refractivity contribution is -0.124. The molecule has 140 valence electrons. The molecule has 2 aliphatic rings. The highest BCUT2D eigenvalue weighted by molar-refractivity contribution is 7.90. The zero-order valence-corrected chi connectivity index (χ0v) is 15.2. The van der Waals surface area contributed by atoms with E-state index in [-0.39, 0.29) is 23.2 Å². The van der Waals surface area contributed by atoms with E-state index in [1.165, 1.54) is 18.2 Å². The van der Waals surface area contributed by atoms with Gasteiger partial charge in [-0.3, -0.25) is 4.79 Å². The third-order valence-corrected chi connectivity index (χ3v) is 6.15. The van der Waals surface area contributed by atoms with Crippen LogP contribution in [0.5, 0.6) is 0 Å². The van der Waals surface area contributed by atoms with E-state index in [4.69, 9.17) is 0 Å². The number of fused-ring (bicyclic) bond motifs is 1. The number of carbonyl (C=O) groups excluding carboxylic acids is 1. The summed E-state index contributed by atoms with van der Waals surface area (Å²) in [6, 6.07) is 12.1. The molecule has 8 heteroatoms. The number of hydrogen-bond acceptors (Lipinski definition) is 4. The minimum Gasteiger partial charge on any atom is -0.350 e. The van der Waals surface area contributed by atoms with Gasteiger partial charge in [-0.1, -0.05) is 24.3 Å². The van der Waals surface area contributed by atoms with E-state index in [9.17, 15) is 17.6 Å². The summed E-state index contributed by atoms with van der Waals surface area (Å²) in [6.45, 7) is 0.849. The zero-order valence-electron chi connectivity index (χ0n) is 14.4. The van der Waals surface area contributed by atoms with Gasteiger partial charge in [0.25, 0.3) is 10.0 Å². The van der Waals surface area contributed by atoms with Crippen molar-refractivity contribution in [1.82, 2.24) is 10.2 Å². The summed E-state index contributed by atoms with van der Waals surface area (Å²) >= 11 is 0. The van der Waals surface area contributed by atoms with Crippen LogP contribution in [0.4, 0.5) is 4.39 Å². The van der Waals surface area contributed by atoms with E-state index in [2.05, 4.69) is 9.71 Å². The minimum atomic E-state index is -3.72. The Morgan fingerprint density at radius 3 is 2.70 bits per heavy atom. The van der Waals surface area contributed by atoms with Crippen LogP contribution in [0.25, 0.3) is 0 Å². The Bertz CT molecular complexity index is 1020. The molecule has 1 atom stereocenters. The second-order valence-electron chi connectivity index (χ2n) is 6.58. The molecular weight excluding hydrogens is 369 g/mol. The Kier molecular flexibility index (Phi) is 4.43. The summed E-state index contributed by atoms with van der Waals surface area (Å²) in [5.74, 6) is -0.183. The van der Waals surface area contributed by atoms with Crippen molar-refractivity contribution in [3.63, 3.8) is 0 Å². The van der Waals surface area contributed by atoms with Crippen LogP contribution >= 0.6 is 0 Å². The average molecular weight is 387 g/mol. The molecule has 6 nitrogen and oxygen atoms in total. The van der Waals surface area contributed by atoms with E-state index in [1.807, 2.05) is 0 Å². The maximum atomic E-state index is 13.0. The Morgan fingerprint density at radius 2 is 1.93 bits per heavy atom. The highest BCUT2D eigenvalue weighted by atomic mass is 32.2. The molecule has 0 unspecified atom stereocenters. The Labute approximate surface area is 156 Å². The van der Waals surface area contributed by atoms with Gasteiger partial charge in [-0.05, 0) is 42.7 Å². The number of likely N-dealkylation sites (tertiary alicyclic amines) is 1. The van der Waals surface area contributed by atoms with Gasteiger partial charge in [0.05, 0.1) is 0 Å². The van der Waals surface area contributed by atoms with Gasteiger partial charge >= 0.3 is 0 Å². The molecule has 1 N–H and O–H groups in total. The molecule has 0 radical (unpaired) electrons. The Morgan fingerprint density at radius 1 is 1.19 bits per heavy atom. The summed E-state index contributed by atoms with van der Waals surface area (Å²) < 4.78 is 41.5. The number of hydrogen-bond donors (Lipinski definition) is 1. The minimum absolute atomic E-state index is 0.178. The first-order valence-corrected chi connectivity index (χ1v) is 10.1. The zero-order chi connectivity index (χ0) is 19.0. The second kappa shape index (κ2) is 6.77. The number of rotatable bonds is 3. The molecule has 1 saturated heterocycles. The molecule has 0 spiro atoms. The maximum Gasteiger partial charge on any atom is 0.285 e. The Hall–Kier alpha value is -2.74. The SMILES string of the molecule is O=C(NCc1ccc(F)cc1)[C@@H]1CCCN1C1=NS(=O)(=O)c2ccccc21. The lowest BCUT2D eigenvalue weighted by atomic mass is 10.1. The topological polar surface area (TPSA) is 78.8 Å². The molecule has 27 heavy (non-hydrogen) atoms. The van der Waals surface area contributed by atoms with Crippen molar-refractivity contribution in [3.05, 3.63) is 65.5 Å². The number of halogens is 1. The van der Waals surface area contributed by atoms with Crippen molar-refractivity contribution in [1.29, 1.82) is 0 Å². The first-order valence-electron chi connectivity index (χ1n) is 8.69. The van der Waals surface area contributed by atoms with E-state index in [1.54, 1.807) is 35.2 Å². The smallest absolute Gasteiger partial charge is 0.285 e. The van der Waals surface area contributed by atoms with Crippen molar-refractivity contribution in [2.45, 2.75) is 30.3 Å². The largest absolute Gasteiger partial charge is 0.350 e. The van der Waals surface area contributed by atoms with Crippen LogP contribution in [-0.2, 0) is 21.4 Å². The predicted molar refractivity (Wildman–Crippen MR) is 98.1 cm³/mol. The molecule has 0 aliphatic carbocycles. The van der Waals surface area contributed by atoms with Gasteiger partial charge in [0, 0.05) is 18.7 Å². The first kappa shape index (κ1) is 17.7. The van der Waals surface area contributed by atoms with Gasteiger partial charge in [-0.25, -0.2) is 4.39 Å². The molecule has 2 aromatic carbocycles. The monoisotopic (exact) mass is 387 g/mol. The number of nitrogens with one attached hydrogen (secondary N) is 1. The molecule has 0 saturated carbocycles. The fraction of sp³-hybridized carbons (Fsp3) is 0.263. The van der Waals surface area contributed by atoms with E-state index < -0.39 is 16.1 Å². The number of benzene rings is 2. The summed E-state index contributed by atoms with van der Waals surface area (Å²) in [5, 5.41) is 2.85. The van der Waals surface area contributed by atoms with Gasteiger partial charge in [0.1, 0.15) is 16.8 Å². The summed E-state index contributed by atoms with van der Waals surface area (Å²) in [4.78, 5) is 14.6. The molecule has 2 aromatic rings. The highest BCUT2D eigenvalue weighted by Crippen LogP contribution is 2.31. The highest BCUT2D eigenvalue weighted by Gasteiger charge is 2.39. The van der Waals surface area contributed by atoms with Crippen LogP contribution in [0.1, 0.15) is 24.0 Å². The molecule has 0 aromatic heterocycles. The number of sulfonamides is 1. The summed E-state index contributed by atoms with van der Waals surface area (Å²) in [7, 11) is -3.72. The molecule has 2 aliphatic heterocycles. The molecule has 2 heterocycles. The number of nitrogens with zero attached hydrogens (tertiary/aromatic N) is 2. The van der Waals surface area contributed by atoms with Gasteiger partial charge in [0.15, 0.2) is 5.84 Å². The standard InChI is InChI=1S/C19H18FN3O3S/c20-14-9-7-13(8-10-14)12-21-19(24)16-5-3-11-23(16)18-15-4-1-2-6-17(15)27(25,26)22-18/h1-2,4,6-10,16H,3,5,11-12H2,(H,21,24)/t16-/m0/s1. The van der Waals surface area contributed by atoms with Crippen LogP contribution < -0.4 is 5.32 Å². The third kappa shape index (κ3) is 3.32. The molecule has 1 fully saturated rings. The summed E-state index contributed by atoms with van der Waals surface area (Å²) in [6.07, 6.45) is 1.40. The van der Waals surface area contributed by atoms with Crippen LogP contribution in [0.15, 0.2) is 57.8 Å². The normalized spacial score (nSPS) is 20.3. The quantitative estimate of drug-likeness (QED) is 0.874. The number of carbonyl (C=O) groups is 1. The molecule has 1 amide bonds. The van der Waals surface area contributed by atoms with Gasteiger partial charge in [-0.2, -0.15) is 8.42 Å². The fourth-order valence-corrected chi connectivity index (χ4v) is 4.71. The van der Waals surface area contributed by atoms with Gasteiger partial charge in [-0.15, -0.1) is 4.40 Å². The van der Waals surface area contributed by atoms with Crippen LogP contribution in [0, 0.1) is 5.82 Å². The maximum absolute atomic E-state index is 13.0. The lowest BCUT2D eigenvalue weighted by Gasteiger charge is -2.25. The molecular formula is C19H18FN3O3S. The second-order valence-corrected chi connectivity index (χ2v) is 8.15. The number of amidine groups is 1. The van der Waals surface area contributed by atoms with Crippen molar-refractivity contribution in [2.75, 3.05) is 6.54 Å². The average Bonchev–Trinajstić information content (AvgIpc) is 3.24. The van der Waals surface area contributed by atoms with Crippen molar-refractivity contribution in [2.24, 2.45) is 4.40 Å². The Balaban J connectivity index is 1.53. The van der Waals surface area contributed by atoms with Crippen molar-refractivity contribution >= 4 is 21.8 Å². The van der Waals surface area contributed by atoms with E-state index >= 15 is 0 Å². The van der Waals surface area contributed by atoms with E-state index in [0.29, 0.717) is 24.4 Å². The predicted octanol–water partition coefficient (Wildman–Crippen LogP) is 2.06. The van der Waals surface area contributed by atoms with Gasteiger partial charge < -0.3 is 10.2 Å². The molecule has 4 rings (SSSR count). The van der Waals surface area contributed by atoms with Crippen LogP contribution in [0.2, 0.25) is 0 Å². The van der Waals surface area contributed by atoms with Gasteiger partial charge in [0.2, 0.25) is 5.91 Å². The van der Waals surface area contributed by atoms with Crippen LogP contribution in [0.3, 0.4) is 0 Å². The number of amides is 1. The first-order chi connectivity index (χ1) is 13.0. The van der Waals surface area contributed by atoms with E-state index in [0.717, 1.165) is 12.0 Å². The lowest BCUT2D eigenvalue weighted by Crippen LogP contribution is -2.45. The molecule has 0 bridgehead atoms. The van der Waals surface area contributed by atoms with Crippen LogP contribution in [-0.4, -0.2) is 37.6 Å².